The Kier molecular flexibility index (Phi) is 3.94. The van der Waals surface area contributed by atoms with Gasteiger partial charge in [0.15, 0.2) is 0 Å². The van der Waals surface area contributed by atoms with E-state index in [4.69, 9.17) is 0 Å². The largest absolute Gasteiger partial charge is 0.368 e. The van der Waals surface area contributed by atoms with Crippen molar-refractivity contribution in [3.8, 4) is 0 Å². The van der Waals surface area contributed by atoms with E-state index in [1.165, 1.54) is 5.69 Å². The van der Waals surface area contributed by atoms with Crippen molar-refractivity contribution in [2.75, 3.05) is 36.0 Å². The number of anilines is 2. The summed E-state index contributed by atoms with van der Waals surface area (Å²) in [6.07, 6.45) is 5.26. The molecule has 1 aromatic carbocycles. The summed E-state index contributed by atoms with van der Waals surface area (Å²) in [6.45, 7) is 3.87. The SMILES string of the molecule is O=C=Nc1ccc(N2CCN(c3cccnc3)CC2)cc1. The number of carbonyl (C=O) groups excluding carboxylic acids is 1. The number of hydrogen-bond donors (Lipinski definition) is 0. The molecule has 21 heavy (non-hydrogen) atoms. The summed E-state index contributed by atoms with van der Waals surface area (Å²) in [5.41, 5.74) is 2.97. The summed E-state index contributed by atoms with van der Waals surface area (Å²) < 4.78 is 0. The van der Waals surface area contributed by atoms with Crippen molar-refractivity contribution in [3.05, 3.63) is 48.8 Å². The molecule has 1 aliphatic heterocycles. The molecule has 3 rings (SSSR count). The Labute approximate surface area is 123 Å². The average molecular weight is 280 g/mol. The standard InChI is InChI=1S/C16H16N4O/c21-13-18-14-3-5-15(6-4-14)19-8-10-20(11-9-19)16-2-1-7-17-12-16/h1-7,12H,8-11H2. The maximum absolute atomic E-state index is 10.2. The van der Waals surface area contributed by atoms with E-state index in [1.54, 1.807) is 12.3 Å². The van der Waals surface area contributed by atoms with Gasteiger partial charge in [-0.3, -0.25) is 4.98 Å². The lowest BCUT2D eigenvalue weighted by atomic mass is 10.2. The molecule has 0 unspecified atom stereocenters. The molecule has 0 amide bonds. The van der Waals surface area contributed by atoms with Crippen LogP contribution in [0.1, 0.15) is 0 Å². The van der Waals surface area contributed by atoms with E-state index in [9.17, 15) is 4.79 Å². The first-order valence-corrected chi connectivity index (χ1v) is 6.95. The quantitative estimate of drug-likeness (QED) is 0.640. The number of benzene rings is 1. The van der Waals surface area contributed by atoms with Crippen LogP contribution in [0.2, 0.25) is 0 Å². The topological polar surface area (TPSA) is 48.8 Å². The maximum atomic E-state index is 10.2. The molecule has 2 aromatic rings. The fourth-order valence-electron chi connectivity index (χ4n) is 2.55. The Morgan fingerprint density at radius 1 is 0.952 bits per heavy atom. The van der Waals surface area contributed by atoms with Gasteiger partial charge < -0.3 is 9.80 Å². The monoisotopic (exact) mass is 280 g/mol. The minimum absolute atomic E-state index is 0.641. The third-order valence-corrected chi connectivity index (χ3v) is 3.68. The minimum Gasteiger partial charge on any atom is -0.368 e. The molecule has 2 heterocycles. The zero-order valence-corrected chi connectivity index (χ0v) is 11.6. The Balaban J connectivity index is 1.64. The van der Waals surface area contributed by atoms with E-state index in [0.717, 1.165) is 31.9 Å². The number of hydrogen-bond acceptors (Lipinski definition) is 5. The van der Waals surface area contributed by atoms with Crippen molar-refractivity contribution in [1.82, 2.24) is 4.98 Å². The van der Waals surface area contributed by atoms with Crippen LogP contribution in [0.4, 0.5) is 17.1 Å². The second-order valence-corrected chi connectivity index (χ2v) is 4.90. The van der Waals surface area contributed by atoms with Gasteiger partial charge in [-0.05, 0) is 36.4 Å². The van der Waals surface area contributed by atoms with E-state index < -0.39 is 0 Å². The van der Waals surface area contributed by atoms with Crippen molar-refractivity contribution >= 4 is 23.1 Å². The number of rotatable bonds is 3. The molecular formula is C16H16N4O. The van der Waals surface area contributed by atoms with Crippen molar-refractivity contribution in [2.24, 2.45) is 4.99 Å². The highest BCUT2D eigenvalue weighted by atomic mass is 16.1. The molecule has 5 nitrogen and oxygen atoms in total. The Morgan fingerprint density at radius 2 is 1.62 bits per heavy atom. The first-order valence-electron chi connectivity index (χ1n) is 6.95. The molecule has 0 saturated carbocycles. The fraction of sp³-hybridized carbons (Fsp3) is 0.250. The van der Waals surface area contributed by atoms with E-state index in [0.29, 0.717) is 5.69 Å². The second-order valence-electron chi connectivity index (χ2n) is 4.90. The molecular weight excluding hydrogens is 264 g/mol. The van der Waals surface area contributed by atoms with Crippen LogP contribution in [-0.2, 0) is 4.79 Å². The van der Waals surface area contributed by atoms with Crippen LogP contribution in [-0.4, -0.2) is 37.2 Å². The summed E-state index contributed by atoms with van der Waals surface area (Å²) in [6, 6.07) is 11.7. The van der Waals surface area contributed by atoms with Gasteiger partial charge in [0.1, 0.15) is 0 Å². The van der Waals surface area contributed by atoms with Gasteiger partial charge in [-0.25, -0.2) is 4.79 Å². The van der Waals surface area contributed by atoms with Crippen molar-refractivity contribution in [2.45, 2.75) is 0 Å². The summed E-state index contributed by atoms with van der Waals surface area (Å²) in [5.74, 6) is 0. The highest BCUT2D eigenvalue weighted by molar-refractivity contribution is 5.57. The first-order chi connectivity index (χ1) is 10.4. The summed E-state index contributed by atoms with van der Waals surface area (Å²) in [4.78, 5) is 22.7. The number of aliphatic imine (C=N–C) groups is 1. The normalized spacial score (nSPS) is 14.7. The summed E-state index contributed by atoms with van der Waals surface area (Å²) in [5, 5.41) is 0. The molecule has 1 aliphatic rings. The highest BCUT2D eigenvalue weighted by Gasteiger charge is 2.17. The molecule has 1 aromatic heterocycles. The predicted octanol–water partition coefficient (Wildman–Crippen LogP) is 2.38. The lowest BCUT2D eigenvalue weighted by molar-refractivity contribution is 0.565. The molecule has 0 aliphatic carbocycles. The lowest BCUT2D eigenvalue weighted by Gasteiger charge is -2.37. The van der Waals surface area contributed by atoms with Crippen LogP contribution in [0.3, 0.4) is 0 Å². The van der Waals surface area contributed by atoms with Crippen LogP contribution in [0.15, 0.2) is 53.8 Å². The fourth-order valence-corrected chi connectivity index (χ4v) is 2.55. The van der Waals surface area contributed by atoms with Gasteiger partial charge in [-0.1, -0.05) is 0 Å². The van der Waals surface area contributed by atoms with E-state index in [-0.39, 0.29) is 0 Å². The molecule has 1 fully saturated rings. The molecule has 0 atom stereocenters. The Hall–Kier alpha value is -2.65. The van der Waals surface area contributed by atoms with Crippen LogP contribution in [0.5, 0.6) is 0 Å². The zero-order chi connectivity index (χ0) is 14.5. The van der Waals surface area contributed by atoms with Crippen molar-refractivity contribution < 1.29 is 4.79 Å². The molecule has 0 spiro atoms. The summed E-state index contributed by atoms with van der Waals surface area (Å²) >= 11 is 0. The second kappa shape index (κ2) is 6.20. The minimum atomic E-state index is 0.641. The van der Waals surface area contributed by atoms with Crippen LogP contribution < -0.4 is 9.80 Å². The third-order valence-electron chi connectivity index (χ3n) is 3.68. The number of aromatic nitrogens is 1. The van der Waals surface area contributed by atoms with Gasteiger partial charge in [0.25, 0.3) is 0 Å². The molecule has 0 bridgehead atoms. The van der Waals surface area contributed by atoms with Crippen molar-refractivity contribution in [1.29, 1.82) is 0 Å². The van der Waals surface area contributed by atoms with Crippen molar-refractivity contribution in [3.63, 3.8) is 0 Å². The molecule has 1 saturated heterocycles. The van der Waals surface area contributed by atoms with E-state index in [1.807, 2.05) is 36.5 Å². The third kappa shape index (κ3) is 3.09. The number of isocyanates is 1. The molecule has 0 radical (unpaired) electrons. The molecule has 0 N–H and O–H groups in total. The number of piperazine rings is 1. The molecule has 106 valence electrons. The number of pyridine rings is 1. The van der Waals surface area contributed by atoms with Gasteiger partial charge in [0.2, 0.25) is 6.08 Å². The molecule has 5 heteroatoms. The average Bonchev–Trinajstić information content (AvgIpc) is 2.57. The predicted molar refractivity (Wildman–Crippen MR) is 82.9 cm³/mol. The van der Waals surface area contributed by atoms with Crippen LogP contribution in [0, 0.1) is 0 Å². The van der Waals surface area contributed by atoms with Gasteiger partial charge in [0.05, 0.1) is 17.6 Å². The number of nitrogens with zero attached hydrogens (tertiary/aromatic N) is 4. The van der Waals surface area contributed by atoms with Crippen LogP contribution >= 0.6 is 0 Å². The Bertz CT molecular complexity index is 627. The maximum Gasteiger partial charge on any atom is 0.240 e. The van der Waals surface area contributed by atoms with Gasteiger partial charge >= 0.3 is 0 Å². The van der Waals surface area contributed by atoms with E-state index in [2.05, 4.69) is 25.8 Å². The van der Waals surface area contributed by atoms with Crippen LogP contribution in [0.25, 0.3) is 0 Å². The highest BCUT2D eigenvalue weighted by Crippen LogP contribution is 2.22. The van der Waals surface area contributed by atoms with Gasteiger partial charge in [0, 0.05) is 38.1 Å². The lowest BCUT2D eigenvalue weighted by Crippen LogP contribution is -2.46. The van der Waals surface area contributed by atoms with Gasteiger partial charge in [-0.2, -0.15) is 4.99 Å². The van der Waals surface area contributed by atoms with Gasteiger partial charge in [-0.15, -0.1) is 0 Å². The summed E-state index contributed by atoms with van der Waals surface area (Å²) in [7, 11) is 0. The zero-order valence-electron chi connectivity index (χ0n) is 11.6. The Morgan fingerprint density at radius 3 is 2.19 bits per heavy atom. The van der Waals surface area contributed by atoms with E-state index >= 15 is 0 Å². The first kappa shape index (κ1) is 13.3. The smallest absolute Gasteiger partial charge is 0.240 e.